The van der Waals surface area contributed by atoms with Gasteiger partial charge in [-0.1, -0.05) is 0 Å². The monoisotopic (exact) mass is 249 g/mol. The van der Waals surface area contributed by atoms with Crippen molar-refractivity contribution in [3.63, 3.8) is 0 Å². The fourth-order valence-electron chi connectivity index (χ4n) is 0.535. The molecule has 0 aliphatic heterocycles. The molecule has 0 saturated carbocycles. The molecular formula is C6H5BrClN3O. The van der Waals surface area contributed by atoms with Gasteiger partial charge in [-0.2, -0.15) is 0 Å². The second kappa shape index (κ2) is 4.37. The molecule has 4 nitrogen and oxygen atoms in total. The Kier molecular flexibility index (Phi) is 3.43. The molecule has 0 saturated heterocycles. The predicted octanol–water partition coefficient (Wildman–Crippen LogP) is 1.42. The van der Waals surface area contributed by atoms with Crippen LogP contribution in [0.2, 0.25) is 0 Å². The molecule has 12 heavy (non-hydrogen) atoms. The van der Waals surface area contributed by atoms with Crippen LogP contribution < -0.4 is 5.32 Å². The van der Waals surface area contributed by atoms with Crippen LogP contribution in [0.15, 0.2) is 16.9 Å². The Morgan fingerprint density at radius 2 is 2.17 bits per heavy atom. The van der Waals surface area contributed by atoms with E-state index in [0.29, 0.717) is 0 Å². The van der Waals surface area contributed by atoms with Crippen molar-refractivity contribution in [1.29, 1.82) is 0 Å². The molecule has 0 unspecified atom stereocenters. The Labute approximate surface area is 82.5 Å². The molecule has 0 aromatic carbocycles. The maximum Gasteiger partial charge on any atom is 0.241 e. The number of halogens is 2. The van der Waals surface area contributed by atoms with Crippen molar-refractivity contribution in [1.82, 2.24) is 9.97 Å². The molecule has 1 rings (SSSR count). The lowest BCUT2D eigenvalue weighted by Crippen LogP contribution is -2.14. The Balaban J connectivity index is 2.64. The van der Waals surface area contributed by atoms with Crippen LogP contribution in [-0.2, 0) is 4.79 Å². The van der Waals surface area contributed by atoms with Gasteiger partial charge in [0.2, 0.25) is 11.9 Å². The molecule has 0 fully saturated rings. The first-order valence-electron chi connectivity index (χ1n) is 3.05. The molecule has 1 amide bonds. The summed E-state index contributed by atoms with van der Waals surface area (Å²) >= 11 is 8.42. The van der Waals surface area contributed by atoms with E-state index in [1.807, 2.05) is 0 Å². The third-order valence-corrected chi connectivity index (χ3v) is 1.65. The van der Waals surface area contributed by atoms with Gasteiger partial charge in [0.05, 0.1) is 4.47 Å². The summed E-state index contributed by atoms with van der Waals surface area (Å²) in [7, 11) is 0. The van der Waals surface area contributed by atoms with Gasteiger partial charge in [0.15, 0.2) is 0 Å². The standard InChI is InChI=1S/C6H5BrClN3O/c7-4-2-9-6(10-3-4)11-5(12)1-8/h2-3H,1H2,(H,9,10,11,12). The summed E-state index contributed by atoms with van der Waals surface area (Å²) < 4.78 is 0.756. The van der Waals surface area contributed by atoms with Crippen LogP contribution >= 0.6 is 27.5 Å². The summed E-state index contributed by atoms with van der Waals surface area (Å²) in [6.45, 7) is 0. The zero-order valence-electron chi connectivity index (χ0n) is 5.92. The first-order valence-corrected chi connectivity index (χ1v) is 4.38. The first-order chi connectivity index (χ1) is 5.72. The van der Waals surface area contributed by atoms with Crippen molar-refractivity contribution in [2.75, 3.05) is 11.2 Å². The zero-order valence-corrected chi connectivity index (χ0v) is 8.26. The van der Waals surface area contributed by atoms with E-state index in [9.17, 15) is 4.79 Å². The minimum absolute atomic E-state index is 0.0978. The van der Waals surface area contributed by atoms with Gasteiger partial charge in [0.1, 0.15) is 5.88 Å². The number of hydrogen-bond acceptors (Lipinski definition) is 3. The summed E-state index contributed by atoms with van der Waals surface area (Å²) in [5.41, 5.74) is 0. The van der Waals surface area contributed by atoms with E-state index < -0.39 is 0 Å². The van der Waals surface area contributed by atoms with E-state index in [1.54, 1.807) is 0 Å². The van der Waals surface area contributed by atoms with Crippen LogP contribution in [0.1, 0.15) is 0 Å². The fourth-order valence-corrected chi connectivity index (χ4v) is 0.807. The maximum absolute atomic E-state index is 10.7. The van der Waals surface area contributed by atoms with Crippen molar-refractivity contribution in [3.05, 3.63) is 16.9 Å². The molecule has 1 aromatic heterocycles. The highest BCUT2D eigenvalue weighted by Gasteiger charge is 2.00. The normalized spacial score (nSPS) is 9.50. The summed E-state index contributed by atoms with van der Waals surface area (Å²) in [6, 6.07) is 0. The van der Waals surface area contributed by atoms with E-state index >= 15 is 0 Å². The molecular weight excluding hydrogens is 245 g/mol. The van der Waals surface area contributed by atoms with Crippen molar-refractivity contribution in [3.8, 4) is 0 Å². The van der Waals surface area contributed by atoms with Gasteiger partial charge in [0, 0.05) is 12.4 Å². The third kappa shape index (κ3) is 2.75. The first kappa shape index (κ1) is 9.41. The molecule has 64 valence electrons. The number of nitrogens with one attached hydrogen (secondary N) is 1. The lowest BCUT2D eigenvalue weighted by molar-refractivity contribution is -0.114. The van der Waals surface area contributed by atoms with Crippen LogP contribution in [0.3, 0.4) is 0 Å². The number of rotatable bonds is 2. The van der Waals surface area contributed by atoms with Crippen molar-refractivity contribution in [2.24, 2.45) is 0 Å². The highest BCUT2D eigenvalue weighted by atomic mass is 79.9. The molecule has 0 atom stereocenters. The molecule has 6 heteroatoms. The van der Waals surface area contributed by atoms with Gasteiger partial charge in [-0.3, -0.25) is 10.1 Å². The van der Waals surface area contributed by atoms with Crippen molar-refractivity contribution < 1.29 is 4.79 Å². The van der Waals surface area contributed by atoms with E-state index in [-0.39, 0.29) is 17.7 Å². The van der Waals surface area contributed by atoms with E-state index in [1.165, 1.54) is 12.4 Å². The number of carbonyl (C=O) groups excluding carboxylic acids is 1. The molecule has 0 spiro atoms. The minimum Gasteiger partial charge on any atom is -0.293 e. The maximum atomic E-state index is 10.7. The van der Waals surface area contributed by atoms with Gasteiger partial charge in [0.25, 0.3) is 0 Å². The highest BCUT2D eigenvalue weighted by Crippen LogP contribution is 2.06. The number of alkyl halides is 1. The molecule has 1 aromatic rings. The molecule has 1 heterocycles. The van der Waals surface area contributed by atoms with Crippen molar-refractivity contribution in [2.45, 2.75) is 0 Å². The predicted molar refractivity (Wildman–Crippen MR) is 49.1 cm³/mol. The van der Waals surface area contributed by atoms with Crippen LogP contribution in [-0.4, -0.2) is 21.8 Å². The highest BCUT2D eigenvalue weighted by molar-refractivity contribution is 9.10. The van der Waals surface area contributed by atoms with Crippen LogP contribution in [0.4, 0.5) is 5.95 Å². The number of nitrogens with zero attached hydrogens (tertiary/aromatic N) is 2. The third-order valence-electron chi connectivity index (χ3n) is 0.993. The van der Waals surface area contributed by atoms with Crippen molar-refractivity contribution >= 4 is 39.4 Å². The minimum atomic E-state index is -0.320. The molecule has 0 bridgehead atoms. The SMILES string of the molecule is O=C(CCl)Nc1ncc(Br)cn1. The average Bonchev–Trinajstić information content (AvgIpc) is 2.09. The molecule has 1 N–H and O–H groups in total. The van der Waals surface area contributed by atoms with Crippen LogP contribution in [0.25, 0.3) is 0 Å². The van der Waals surface area contributed by atoms with Gasteiger partial charge in [-0.15, -0.1) is 11.6 Å². The average molecular weight is 250 g/mol. The van der Waals surface area contributed by atoms with Crippen LogP contribution in [0, 0.1) is 0 Å². The Bertz CT molecular complexity index is 277. The Hall–Kier alpha value is -0.680. The number of anilines is 1. The zero-order chi connectivity index (χ0) is 8.97. The Morgan fingerprint density at radius 3 is 2.67 bits per heavy atom. The second-order valence-corrected chi connectivity index (χ2v) is 3.09. The molecule has 0 aliphatic carbocycles. The summed E-state index contributed by atoms with van der Waals surface area (Å²) in [5, 5.41) is 2.40. The van der Waals surface area contributed by atoms with Gasteiger partial charge >= 0.3 is 0 Å². The molecule has 0 aliphatic rings. The summed E-state index contributed by atoms with van der Waals surface area (Å²) in [4.78, 5) is 18.4. The smallest absolute Gasteiger partial charge is 0.241 e. The number of aromatic nitrogens is 2. The lowest BCUT2D eigenvalue weighted by atomic mass is 10.6. The van der Waals surface area contributed by atoms with E-state index in [2.05, 4.69) is 31.2 Å². The largest absolute Gasteiger partial charge is 0.293 e. The molecule has 0 radical (unpaired) electrons. The topological polar surface area (TPSA) is 54.9 Å². The number of carbonyl (C=O) groups is 1. The van der Waals surface area contributed by atoms with Gasteiger partial charge < -0.3 is 0 Å². The van der Waals surface area contributed by atoms with Gasteiger partial charge in [-0.25, -0.2) is 9.97 Å². The van der Waals surface area contributed by atoms with Crippen LogP contribution in [0.5, 0.6) is 0 Å². The fraction of sp³-hybridized carbons (Fsp3) is 0.167. The number of hydrogen-bond donors (Lipinski definition) is 1. The van der Waals surface area contributed by atoms with Gasteiger partial charge in [-0.05, 0) is 15.9 Å². The van der Waals surface area contributed by atoms with E-state index in [0.717, 1.165) is 4.47 Å². The summed E-state index contributed by atoms with van der Waals surface area (Å²) in [5.74, 6) is -0.165. The lowest BCUT2D eigenvalue weighted by Gasteiger charge is -1.98. The quantitative estimate of drug-likeness (QED) is 0.808. The number of amides is 1. The summed E-state index contributed by atoms with van der Waals surface area (Å²) in [6.07, 6.45) is 3.08. The Morgan fingerprint density at radius 1 is 1.58 bits per heavy atom. The van der Waals surface area contributed by atoms with E-state index in [4.69, 9.17) is 11.6 Å². The second-order valence-electron chi connectivity index (χ2n) is 1.91.